The first-order chi connectivity index (χ1) is 15.4. The van der Waals surface area contributed by atoms with Gasteiger partial charge < -0.3 is 0 Å². The van der Waals surface area contributed by atoms with Gasteiger partial charge in [0.05, 0.1) is 0 Å². The fourth-order valence-electron chi connectivity index (χ4n) is 3.68. The Balaban J connectivity index is 1.72. The highest BCUT2D eigenvalue weighted by Crippen LogP contribution is 2.29. The zero-order chi connectivity index (χ0) is 22.7. The van der Waals surface area contributed by atoms with E-state index in [2.05, 4.69) is 17.0 Å². The Morgan fingerprint density at radius 3 is 1.69 bits per heavy atom. The lowest BCUT2D eigenvalue weighted by Crippen LogP contribution is -2.37. The van der Waals surface area contributed by atoms with E-state index in [4.69, 9.17) is 46.4 Å². The van der Waals surface area contributed by atoms with Crippen LogP contribution < -0.4 is 0 Å². The van der Waals surface area contributed by atoms with Crippen LogP contribution in [0.25, 0.3) is 12.2 Å². The predicted octanol–water partition coefficient (Wildman–Crippen LogP) is 7.85. The average molecular weight is 503 g/mol. The number of carbonyl (C=O) groups excluding carboxylic acids is 1. The third-order valence-corrected chi connectivity index (χ3v) is 6.33. The summed E-state index contributed by atoms with van der Waals surface area (Å²) in [5, 5.41) is 2.11. The highest BCUT2D eigenvalue weighted by atomic mass is 35.5. The van der Waals surface area contributed by atoms with Crippen molar-refractivity contribution in [1.29, 1.82) is 0 Å². The number of piperidine rings is 1. The molecule has 32 heavy (non-hydrogen) atoms. The van der Waals surface area contributed by atoms with E-state index in [0.717, 1.165) is 11.1 Å². The summed E-state index contributed by atoms with van der Waals surface area (Å²) >= 11 is 24.8. The summed E-state index contributed by atoms with van der Waals surface area (Å²) in [7, 11) is 0. The maximum Gasteiger partial charge on any atom is 0.187 e. The van der Waals surface area contributed by atoms with Gasteiger partial charge in [0.15, 0.2) is 5.78 Å². The second-order valence-electron chi connectivity index (χ2n) is 7.63. The van der Waals surface area contributed by atoms with Gasteiger partial charge in [0.25, 0.3) is 0 Å². The second kappa shape index (κ2) is 10.2. The summed E-state index contributed by atoms with van der Waals surface area (Å²) in [5.74, 6) is -0.0219. The lowest BCUT2D eigenvalue weighted by molar-refractivity contribution is -0.113. The van der Waals surface area contributed by atoms with Crippen molar-refractivity contribution in [3.05, 3.63) is 115 Å². The van der Waals surface area contributed by atoms with Crippen LogP contribution in [0.1, 0.15) is 16.7 Å². The summed E-state index contributed by atoms with van der Waals surface area (Å²) in [4.78, 5) is 15.6. The molecule has 3 aromatic carbocycles. The van der Waals surface area contributed by atoms with Crippen LogP contribution in [0.4, 0.5) is 0 Å². The minimum atomic E-state index is -0.0219. The minimum Gasteiger partial charge on any atom is -0.290 e. The van der Waals surface area contributed by atoms with E-state index in [1.165, 1.54) is 5.56 Å². The Labute approximate surface area is 207 Å². The summed E-state index contributed by atoms with van der Waals surface area (Å²) in [6, 6.07) is 20.7. The molecule has 0 saturated carbocycles. The average Bonchev–Trinajstić information content (AvgIpc) is 2.76. The monoisotopic (exact) mass is 501 g/mol. The number of halogens is 4. The van der Waals surface area contributed by atoms with Gasteiger partial charge in [-0.2, -0.15) is 0 Å². The molecule has 2 nitrogen and oxygen atoms in total. The van der Waals surface area contributed by atoms with Crippen molar-refractivity contribution in [2.45, 2.75) is 6.54 Å². The van der Waals surface area contributed by atoms with Crippen molar-refractivity contribution in [2.75, 3.05) is 13.1 Å². The molecule has 0 radical (unpaired) electrons. The molecule has 6 heteroatoms. The molecule has 1 fully saturated rings. The number of rotatable bonds is 4. The zero-order valence-electron chi connectivity index (χ0n) is 17.0. The molecule has 1 aliphatic rings. The summed E-state index contributed by atoms with van der Waals surface area (Å²) < 4.78 is 0. The first kappa shape index (κ1) is 23.1. The quantitative estimate of drug-likeness (QED) is 0.338. The fourth-order valence-corrected chi connectivity index (χ4v) is 4.60. The van der Waals surface area contributed by atoms with Crippen LogP contribution in [0.2, 0.25) is 20.1 Å². The molecule has 0 bridgehead atoms. The molecule has 0 N–H and O–H groups in total. The van der Waals surface area contributed by atoms with Gasteiger partial charge >= 0.3 is 0 Å². The molecule has 0 spiro atoms. The van der Waals surface area contributed by atoms with Gasteiger partial charge in [0.1, 0.15) is 0 Å². The highest BCUT2D eigenvalue weighted by Gasteiger charge is 2.26. The third kappa shape index (κ3) is 5.64. The van der Waals surface area contributed by atoms with Crippen LogP contribution in [0.5, 0.6) is 0 Å². The van der Waals surface area contributed by atoms with Gasteiger partial charge in [-0.3, -0.25) is 9.69 Å². The molecule has 0 aliphatic carbocycles. The first-order valence-corrected chi connectivity index (χ1v) is 11.5. The van der Waals surface area contributed by atoms with E-state index >= 15 is 0 Å². The van der Waals surface area contributed by atoms with Gasteiger partial charge in [0, 0.05) is 50.9 Å². The number of likely N-dealkylation sites (tertiary alicyclic amines) is 1. The van der Waals surface area contributed by atoms with Gasteiger partial charge in [-0.25, -0.2) is 0 Å². The van der Waals surface area contributed by atoms with Crippen LogP contribution in [0.3, 0.4) is 0 Å². The van der Waals surface area contributed by atoms with Crippen LogP contribution in [-0.2, 0) is 11.3 Å². The van der Waals surface area contributed by atoms with E-state index in [0.29, 0.717) is 50.9 Å². The molecule has 1 aliphatic heterocycles. The molecule has 3 aromatic rings. The van der Waals surface area contributed by atoms with Crippen molar-refractivity contribution >= 4 is 64.3 Å². The zero-order valence-corrected chi connectivity index (χ0v) is 20.0. The molecule has 4 rings (SSSR count). The number of hydrogen-bond donors (Lipinski definition) is 0. The van der Waals surface area contributed by atoms with Gasteiger partial charge in [0.2, 0.25) is 0 Å². The van der Waals surface area contributed by atoms with Crippen molar-refractivity contribution in [3.8, 4) is 0 Å². The Morgan fingerprint density at radius 1 is 0.719 bits per heavy atom. The predicted molar refractivity (Wildman–Crippen MR) is 136 cm³/mol. The standard InChI is InChI=1S/C26H19Cl4NO/c27-22-8-6-18(24(29)12-22)10-20-15-31(14-17-4-2-1-3-5-17)16-21(26(20)32)11-19-7-9-23(28)13-25(19)30/h1-13H,14-16H2/b20-10-,21-11+. The Kier molecular flexibility index (Phi) is 7.40. The molecule has 0 atom stereocenters. The van der Waals surface area contributed by atoms with Crippen LogP contribution >= 0.6 is 46.4 Å². The molecule has 0 aromatic heterocycles. The van der Waals surface area contributed by atoms with Crippen molar-refractivity contribution < 1.29 is 4.79 Å². The van der Waals surface area contributed by atoms with E-state index in [-0.39, 0.29) is 5.78 Å². The van der Waals surface area contributed by atoms with Crippen molar-refractivity contribution in [1.82, 2.24) is 4.90 Å². The third-order valence-electron chi connectivity index (χ3n) is 5.20. The van der Waals surface area contributed by atoms with Gasteiger partial charge in [-0.05, 0) is 53.1 Å². The second-order valence-corrected chi connectivity index (χ2v) is 9.32. The molecule has 1 saturated heterocycles. The molecule has 0 amide bonds. The summed E-state index contributed by atoms with van der Waals surface area (Å²) in [6.45, 7) is 1.74. The normalized spacial score (nSPS) is 17.3. The van der Waals surface area contributed by atoms with E-state index in [1.807, 2.05) is 42.5 Å². The highest BCUT2D eigenvalue weighted by molar-refractivity contribution is 6.36. The topological polar surface area (TPSA) is 20.3 Å². The number of Topliss-reactive ketones (excluding diaryl/α,β-unsaturated/α-hetero) is 1. The SMILES string of the molecule is O=C1/C(=C\c2ccc(Cl)cc2Cl)CN(Cc2ccccc2)C/C1=C\c1ccc(Cl)cc1Cl. The van der Waals surface area contributed by atoms with Crippen LogP contribution in [-0.4, -0.2) is 23.8 Å². The molecular weight excluding hydrogens is 484 g/mol. The lowest BCUT2D eigenvalue weighted by atomic mass is 9.94. The molecule has 1 heterocycles. The van der Waals surface area contributed by atoms with Gasteiger partial charge in [-0.15, -0.1) is 0 Å². The van der Waals surface area contributed by atoms with Crippen molar-refractivity contribution in [3.63, 3.8) is 0 Å². The number of nitrogens with zero attached hydrogens (tertiary/aromatic N) is 1. The van der Waals surface area contributed by atoms with Crippen LogP contribution in [0.15, 0.2) is 77.9 Å². The molecule has 162 valence electrons. The largest absolute Gasteiger partial charge is 0.290 e. The van der Waals surface area contributed by atoms with E-state index in [9.17, 15) is 4.79 Å². The number of hydrogen-bond acceptors (Lipinski definition) is 2. The number of benzene rings is 3. The van der Waals surface area contributed by atoms with Gasteiger partial charge in [-0.1, -0.05) is 88.9 Å². The maximum absolute atomic E-state index is 13.4. The summed E-state index contributed by atoms with van der Waals surface area (Å²) in [5.41, 5.74) is 4.00. The van der Waals surface area contributed by atoms with E-state index < -0.39 is 0 Å². The van der Waals surface area contributed by atoms with Crippen LogP contribution in [0, 0.1) is 0 Å². The lowest BCUT2D eigenvalue weighted by Gasteiger charge is -2.30. The Bertz CT molecular complexity index is 1140. The van der Waals surface area contributed by atoms with Crippen molar-refractivity contribution in [2.24, 2.45) is 0 Å². The Hall–Kier alpha value is -2.07. The smallest absolute Gasteiger partial charge is 0.187 e. The molecule has 0 unspecified atom stereocenters. The maximum atomic E-state index is 13.4. The Morgan fingerprint density at radius 2 is 1.22 bits per heavy atom. The number of ketones is 1. The minimum absolute atomic E-state index is 0.0219. The number of carbonyl (C=O) groups is 1. The first-order valence-electron chi connectivity index (χ1n) is 10.0. The molecular formula is C26H19Cl4NO. The summed E-state index contributed by atoms with van der Waals surface area (Å²) in [6.07, 6.45) is 3.69. The fraction of sp³-hybridized carbons (Fsp3) is 0.115. The van der Waals surface area contributed by atoms with E-state index in [1.54, 1.807) is 24.3 Å².